The van der Waals surface area contributed by atoms with Crippen molar-refractivity contribution in [2.24, 2.45) is 0 Å². The van der Waals surface area contributed by atoms with Gasteiger partial charge in [0.05, 0.1) is 36.6 Å². The number of methoxy groups -OCH3 is 2. The van der Waals surface area contributed by atoms with Gasteiger partial charge in [-0.3, -0.25) is 0 Å². The molecule has 40 heavy (non-hydrogen) atoms. The maximum absolute atomic E-state index is 5.44. The fraction of sp³-hybridized carbons (Fsp3) is 0.0556. The lowest BCUT2D eigenvalue weighted by atomic mass is 10.1. The summed E-state index contributed by atoms with van der Waals surface area (Å²) in [7, 11) is 3.40. The van der Waals surface area contributed by atoms with Crippen LogP contribution in [0.4, 0.5) is 0 Å². The summed E-state index contributed by atoms with van der Waals surface area (Å²) in [6.45, 7) is 0. The van der Waals surface area contributed by atoms with Crippen molar-refractivity contribution in [3.05, 3.63) is 133 Å². The standard InChI is InChI=1S/C36H28N2O2/c1-39-31-17-13-29(14-18-31)37-33(25-9-5-3-6-10-25)21-27-24-36-28(23-35(27)37)22-34(26-11-7-4-8-12-26)38(36)30-15-19-32(40-2)20-16-30/h3-24H,1-2H3. The van der Waals surface area contributed by atoms with Gasteiger partial charge < -0.3 is 18.6 Å². The fourth-order valence-corrected chi connectivity index (χ4v) is 5.57. The number of aromatic nitrogens is 2. The van der Waals surface area contributed by atoms with E-state index in [-0.39, 0.29) is 0 Å². The highest BCUT2D eigenvalue weighted by atomic mass is 16.5. The largest absolute Gasteiger partial charge is 0.497 e. The van der Waals surface area contributed by atoms with Gasteiger partial charge in [0.25, 0.3) is 0 Å². The van der Waals surface area contributed by atoms with E-state index in [1.165, 1.54) is 21.9 Å². The highest BCUT2D eigenvalue weighted by Crippen LogP contribution is 2.38. The van der Waals surface area contributed by atoms with Crippen molar-refractivity contribution in [3.8, 4) is 45.4 Å². The van der Waals surface area contributed by atoms with E-state index >= 15 is 0 Å². The van der Waals surface area contributed by atoms with Crippen LogP contribution in [-0.4, -0.2) is 23.4 Å². The van der Waals surface area contributed by atoms with Gasteiger partial charge >= 0.3 is 0 Å². The van der Waals surface area contributed by atoms with Gasteiger partial charge in [-0.2, -0.15) is 0 Å². The SMILES string of the molecule is COc1ccc(-n2c(-c3ccccc3)cc3cc4c(cc(-c5ccccc5)n4-c4ccc(OC)cc4)cc32)cc1. The van der Waals surface area contributed by atoms with E-state index in [4.69, 9.17) is 9.47 Å². The van der Waals surface area contributed by atoms with Crippen molar-refractivity contribution in [2.45, 2.75) is 0 Å². The molecule has 0 aliphatic carbocycles. The van der Waals surface area contributed by atoms with Crippen LogP contribution in [0.15, 0.2) is 133 Å². The molecule has 0 saturated heterocycles. The third-order valence-corrected chi connectivity index (χ3v) is 7.52. The Balaban J connectivity index is 1.52. The molecule has 4 heteroatoms. The summed E-state index contributed by atoms with van der Waals surface area (Å²) in [5.41, 5.74) is 9.12. The van der Waals surface area contributed by atoms with Crippen LogP contribution in [0.1, 0.15) is 0 Å². The van der Waals surface area contributed by atoms with Crippen LogP contribution < -0.4 is 9.47 Å². The molecular weight excluding hydrogens is 492 g/mol. The molecule has 0 N–H and O–H groups in total. The summed E-state index contributed by atoms with van der Waals surface area (Å²) < 4.78 is 15.6. The second kappa shape index (κ2) is 9.83. The summed E-state index contributed by atoms with van der Waals surface area (Å²) in [5, 5.41) is 2.35. The zero-order chi connectivity index (χ0) is 27.1. The fourth-order valence-electron chi connectivity index (χ4n) is 5.57. The summed E-state index contributed by atoms with van der Waals surface area (Å²) >= 11 is 0. The number of nitrogens with zero attached hydrogens (tertiary/aromatic N) is 2. The topological polar surface area (TPSA) is 28.3 Å². The monoisotopic (exact) mass is 520 g/mol. The first-order valence-corrected chi connectivity index (χ1v) is 13.3. The molecule has 0 aliphatic rings. The van der Waals surface area contributed by atoms with Gasteiger partial charge in [0, 0.05) is 22.1 Å². The zero-order valence-corrected chi connectivity index (χ0v) is 22.4. The summed E-state index contributed by atoms with van der Waals surface area (Å²) in [5.74, 6) is 1.68. The minimum absolute atomic E-state index is 0.841. The van der Waals surface area contributed by atoms with Gasteiger partial charge in [-0.1, -0.05) is 60.7 Å². The van der Waals surface area contributed by atoms with Crippen molar-refractivity contribution >= 4 is 21.8 Å². The van der Waals surface area contributed by atoms with Crippen LogP contribution in [0, 0.1) is 0 Å². The van der Waals surface area contributed by atoms with E-state index in [1.54, 1.807) is 14.2 Å². The average molecular weight is 521 g/mol. The number of rotatable bonds is 6. The Morgan fingerprint density at radius 2 is 0.800 bits per heavy atom. The lowest BCUT2D eigenvalue weighted by Crippen LogP contribution is -1.98. The number of ether oxygens (including phenoxy) is 2. The van der Waals surface area contributed by atoms with E-state index in [2.05, 4.69) is 118 Å². The van der Waals surface area contributed by atoms with E-state index in [0.29, 0.717) is 0 Å². The Hall–Kier alpha value is -5.22. The summed E-state index contributed by atoms with van der Waals surface area (Å²) in [6, 6.07) is 46.9. The molecule has 0 bridgehead atoms. The van der Waals surface area contributed by atoms with Crippen molar-refractivity contribution < 1.29 is 9.47 Å². The molecule has 0 fully saturated rings. The molecule has 0 radical (unpaired) electrons. The quantitative estimate of drug-likeness (QED) is 0.219. The van der Waals surface area contributed by atoms with Crippen molar-refractivity contribution in [3.63, 3.8) is 0 Å². The summed E-state index contributed by atoms with van der Waals surface area (Å²) in [4.78, 5) is 0. The van der Waals surface area contributed by atoms with Crippen LogP contribution >= 0.6 is 0 Å². The summed E-state index contributed by atoms with van der Waals surface area (Å²) in [6.07, 6.45) is 0. The number of benzene rings is 5. The van der Waals surface area contributed by atoms with Crippen LogP contribution in [0.25, 0.3) is 55.7 Å². The lowest BCUT2D eigenvalue weighted by Gasteiger charge is -2.13. The van der Waals surface area contributed by atoms with Gasteiger partial charge in [-0.15, -0.1) is 0 Å². The van der Waals surface area contributed by atoms with Crippen molar-refractivity contribution in [1.29, 1.82) is 0 Å². The van der Waals surface area contributed by atoms with E-state index < -0.39 is 0 Å². The average Bonchev–Trinajstić information content (AvgIpc) is 3.59. The molecule has 0 amide bonds. The first kappa shape index (κ1) is 23.9. The Morgan fingerprint density at radius 3 is 1.15 bits per heavy atom. The van der Waals surface area contributed by atoms with Crippen LogP contribution in [0.5, 0.6) is 11.5 Å². The maximum atomic E-state index is 5.44. The molecule has 4 nitrogen and oxygen atoms in total. The Kier molecular flexibility index (Phi) is 5.86. The van der Waals surface area contributed by atoms with Gasteiger partial charge in [0.15, 0.2) is 0 Å². The number of fused-ring (bicyclic) bond motifs is 2. The first-order chi connectivity index (χ1) is 19.7. The van der Waals surface area contributed by atoms with Crippen molar-refractivity contribution in [2.75, 3.05) is 14.2 Å². The third kappa shape index (κ3) is 4.02. The minimum atomic E-state index is 0.841. The second-order valence-corrected chi connectivity index (χ2v) is 9.83. The predicted molar refractivity (Wildman–Crippen MR) is 164 cm³/mol. The normalized spacial score (nSPS) is 11.2. The Morgan fingerprint density at radius 1 is 0.425 bits per heavy atom. The zero-order valence-electron chi connectivity index (χ0n) is 22.4. The van der Waals surface area contributed by atoms with E-state index in [0.717, 1.165) is 45.3 Å². The van der Waals surface area contributed by atoms with E-state index in [9.17, 15) is 0 Å². The smallest absolute Gasteiger partial charge is 0.119 e. The van der Waals surface area contributed by atoms with Gasteiger partial charge in [-0.25, -0.2) is 0 Å². The Labute approximate surface area is 233 Å². The van der Waals surface area contributed by atoms with Crippen LogP contribution in [-0.2, 0) is 0 Å². The highest BCUT2D eigenvalue weighted by molar-refractivity contribution is 6.02. The molecule has 0 saturated carbocycles. The van der Waals surface area contributed by atoms with Crippen LogP contribution in [0.3, 0.4) is 0 Å². The molecule has 2 aromatic heterocycles. The molecule has 0 atom stereocenters. The minimum Gasteiger partial charge on any atom is -0.497 e. The van der Waals surface area contributed by atoms with Gasteiger partial charge in [0.1, 0.15) is 11.5 Å². The molecule has 0 unspecified atom stereocenters. The predicted octanol–water partition coefficient (Wildman–Crippen LogP) is 8.93. The van der Waals surface area contributed by atoms with Crippen molar-refractivity contribution in [1.82, 2.24) is 9.13 Å². The maximum Gasteiger partial charge on any atom is 0.119 e. The van der Waals surface area contributed by atoms with E-state index in [1.807, 2.05) is 24.3 Å². The lowest BCUT2D eigenvalue weighted by molar-refractivity contribution is 0.414. The van der Waals surface area contributed by atoms with Gasteiger partial charge in [0.2, 0.25) is 0 Å². The Bertz CT molecular complexity index is 1790. The molecule has 7 aromatic rings. The van der Waals surface area contributed by atoms with Crippen LogP contribution in [0.2, 0.25) is 0 Å². The number of hydrogen-bond donors (Lipinski definition) is 0. The first-order valence-electron chi connectivity index (χ1n) is 13.3. The second-order valence-electron chi connectivity index (χ2n) is 9.83. The molecule has 0 spiro atoms. The molecule has 0 aliphatic heterocycles. The molecule has 7 rings (SSSR count). The molecule has 5 aromatic carbocycles. The number of hydrogen-bond acceptors (Lipinski definition) is 2. The molecular formula is C36H28N2O2. The molecule has 194 valence electrons. The van der Waals surface area contributed by atoms with Gasteiger partial charge in [-0.05, 0) is 83.9 Å². The highest BCUT2D eigenvalue weighted by Gasteiger charge is 2.18. The third-order valence-electron chi connectivity index (χ3n) is 7.52. The molecule has 2 heterocycles.